The van der Waals surface area contributed by atoms with Crippen LogP contribution >= 0.6 is 0 Å². The molecular formula is C14H27NO2. The Labute approximate surface area is 106 Å². The number of hydrogen-bond donors (Lipinski definition) is 0. The summed E-state index contributed by atoms with van der Waals surface area (Å²) < 4.78 is 5.42. The fourth-order valence-corrected chi connectivity index (χ4v) is 2.36. The van der Waals surface area contributed by atoms with Crippen molar-refractivity contribution in [2.75, 3.05) is 19.7 Å². The SMILES string of the molecule is CC(C)OCCC(=O)N1CCC(C(C)C)CC1. The molecule has 0 spiro atoms. The average Bonchev–Trinajstić information content (AvgIpc) is 2.28. The van der Waals surface area contributed by atoms with Gasteiger partial charge in [0.15, 0.2) is 0 Å². The maximum absolute atomic E-state index is 11.9. The Bertz CT molecular complexity index is 230. The molecule has 0 aromatic carbocycles. The Kier molecular flexibility index (Phi) is 5.96. The number of nitrogens with zero attached hydrogens (tertiary/aromatic N) is 1. The number of hydrogen-bond acceptors (Lipinski definition) is 2. The number of rotatable bonds is 5. The molecule has 1 saturated heterocycles. The summed E-state index contributed by atoms with van der Waals surface area (Å²) in [6.07, 6.45) is 3.07. The van der Waals surface area contributed by atoms with Crippen molar-refractivity contribution in [2.24, 2.45) is 11.8 Å². The van der Waals surface area contributed by atoms with E-state index in [1.54, 1.807) is 0 Å². The smallest absolute Gasteiger partial charge is 0.224 e. The Hall–Kier alpha value is -0.570. The molecule has 1 amide bonds. The third-order valence-electron chi connectivity index (χ3n) is 3.60. The van der Waals surface area contributed by atoms with Crippen LogP contribution in [0.1, 0.15) is 47.0 Å². The molecule has 1 aliphatic rings. The highest BCUT2D eigenvalue weighted by Crippen LogP contribution is 2.24. The summed E-state index contributed by atoms with van der Waals surface area (Å²) in [7, 11) is 0. The number of likely N-dealkylation sites (tertiary alicyclic amines) is 1. The summed E-state index contributed by atoms with van der Waals surface area (Å²) in [5.41, 5.74) is 0. The van der Waals surface area contributed by atoms with E-state index in [1.165, 1.54) is 0 Å². The second-order valence-corrected chi connectivity index (χ2v) is 5.63. The quantitative estimate of drug-likeness (QED) is 0.740. The first-order chi connectivity index (χ1) is 8.00. The van der Waals surface area contributed by atoms with Crippen LogP contribution in [0.4, 0.5) is 0 Å². The highest BCUT2D eigenvalue weighted by atomic mass is 16.5. The highest BCUT2D eigenvalue weighted by Gasteiger charge is 2.24. The summed E-state index contributed by atoms with van der Waals surface area (Å²) in [6, 6.07) is 0. The second-order valence-electron chi connectivity index (χ2n) is 5.63. The number of ether oxygens (including phenoxy) is 1. The lowest BCUT2D eigenvalue weighted by atomic mass is 9.86. The van der Waals surface area contributed by atoms with E-state index >= 15 is 0 Å². The van der Waals surface area contributed by atoms with E-state index in [-0.39, 0.29) is 12.0 Å². The molecule has 1 fully saturated rings. The molecule has 0 N–H and O–H groups in total. The van der Waals surface area contributed by atoms with Crippen LogP contribution in [-0.2, 0) is 9.53 Å². The fraction of sp³-hybridized carbons (Fsp3) is 0.929. The van der Waals surface area contributed by atoms with Crippen LogP contribution in [0.15, 0.2) is 0 Å². The van der Waals surface area contributed by atoms with Crippen LogP contribution in [0.3, 0.4) is 0 Å². The maximum Gasteiger partial charge on any atom is 0.224 e. The molecule has 0 unspecified atom stereocenters. The van der Waals surface area contributed by atoms with Crippen LogP contribution in [0.2, 0.25) is 0 Å². The maximum atomic E-state index is 11.9. The lowest BCUT2D eigenvalue weighted by Crippen LogP contribution is -2.39. The molecule has 0 bridgehead atoms. The summed E-state index contributed by atoms with van der Waals surface area (Å²) in [6.45, 7) is 11.0. The summed E-state index contributed by atoms with van der Waals surface area (Å²) >= 11 is 0. The van der Waals surface area contributed by atoms with Gasteiger partial charge in [0.2, 0.25) is 5.91 Å². The predicted octanol–water partition coefficient (Wildman–Crippen LogP) is 2.70. The summed E-state index contributed by atoms with van der Waals surface area (Å²) in [4.78, 5) is 13.9. The molecule has 1 aliphatic heterocycles. The van der Waals surface area contributed by atoms with Gasteiger partial charge >= 0.3 is 0 Å². The van der Waals surface area contributed by atoms with Gasteiger partial charge in [0.25, 0.3) is 0 Å². The van der Waals surface area contributed by atoms with Gasteiger partial charge in [-0.2, -0.15) is 0 Å². The van der Waals surface area contributed by atoms with Crippen LogP contribution in [-0.4, -0.2) is 36.6 Å². The van der Waals surface area contributed by atoms with Crippen molar-refractivity contribution in [1.29, 1.82) is 0 Å². The van der Waals surface area contributed by atoms with Gasteiger partial charge in [-0.1, -0.05) is 13.8 Å². The van der Waals surface area contributed by atoms with E-state index in [2.05, 4.69) is 13.8 Å². The molecule has 0 aromatic rings. The molecule has 3 heteroatoms. The monoisotopic (exact) mass is 241 g/mol. The van der Waals surface area contributed by atoms with Gasteiger partial charge in [-0.25, -0.2) is 0 Å². The van der Waals surface area contributed by atoms with Crippen LogP contribution in [0.5, 0.6) is 0 Å². The van der Waals surface area contributed by atoms with Crippen LogP contribution < -0.4 is 0 Å². The zero-order chi connectivity index (χ0) is 12.8. The summed E-state index contributed by atoms with van der Waals surface area (Å²) in [5.74, 6) is 1.80. The number of amides is 1. The van der Waals surface area contributed by atoms with Crippen LogP contribution in [0.25, 0.3) is 0 Å². The van der Waals surface area contributed by atoms with Gasteiger partial charge in [0.05, 0.1) is 19.1 Å². The Morgan fingerprint density at radius 3 is 2.29 bits per heavy atom. The van der Waals surface area contributed by atoms with Crippen LogP contribution in [0, 0.1) is 11.8 Å². The van der Waals surface area contributed by atoms with Crippen molar-refractivity contribution >= 4 is 5.91 Å². The van der Waals surface area contributed by atoms with E-state index in [4.69, 9.17) is 4.74 Å². The second kappa shape index (κ2) is 7.00. The molecule has 0 radical (unpaired) electrons. The standard InChI is InChI=1S/C14H27NO2/c1-11(2)13-5-8-15(9-6-13)14(16)7-10-17-12(3)4/h11-13H,5-10H2,1-4H3. The van der Waals surface area contributed by atoms with Gasteiger partial charge in [-0.3, -0.25) is 4.79 Å². The van der Waals surface area contributed by atoms with E-state index in [0.717, 1.165) is 37.8 Å². The molecule has 0 aromatic heterocycles. The summed E-state index contributed by atoms with van der Waals surface area (Å²) in [5, 5.41) is 0. The minimum atomic E-state index is 0.217. The highest BCUT2D eigenvalue weighted by molar-refractivity contribution is 5.76. The molecule has 0 aliphatic carbocycles. The van der Waals surface area contributed by atoms with E-state index in [9.17, 15) is 4.79 Å². The number of piperidine rings is 1. The lowest BCUT2D eigenvalue weighted by Gasteiger charge is -2.34. The average molecular weight is 241 g/mol. The van der Waals surface area contributed by atoms with Crippen molar-refractivity contribution in [1.82, 2.24) is 4.90 Å². The topological polar surface area (TPSA) is 29.5 Å². The van der Waals surface area contributed by atoms with Crippen molar-refractivity contribution in [3.63, 3.8) is 0 Å². The molecular weight excluding hydrogens is 214 g/mol. The number of carbonyl (C=O) groups is 1. The zero-order valence-corrected chi connectivity index (χ0v) is 11.7. The first kappa shape index (κ1) is 14.5. The predicted molar refractivity (Wildman–Crippen MR) is 69.8 cm³/mol. The zero-order valence-electron chi connectivity index (χ0n) is 11.7. The van der Waals surface area contributed by atoms with Gasteiger partial charge < -0.3 is 9.64 Å². The largest absolute Gasteiger partial charge is 0.378 e. The first-order valence-corrected chi connectivity index (χ1v) is 6.90. The van der Waals surface area contributed by atoms with Gasteiger partial charge in [-0.05, 0) is 38.5 Å². The van der Waals surface area contributed by atoms with Crippen molar-refractivity contribution in [2.45, 2.75) is 53.1 Å². The third kappa shape index (κ3) is 5.07. The van der Waals surface area contributed by atoms with Crippen molar-refractivity contribution in [3.8, 4) is 0 Å². The lowest BCUT2D eigenvalue weighted by molar-refractivity contribution is -0.134. The minimum absolute atomic E-state index is 0.217. The Morgan fingerprint density at radius 2 is 1.82 bits per heavy atom. The molecule has 1 heterocycles. The normalized spacial score (nSPS) is 18.1. The fourth-order valence-electron chi connectivity index (χ4n) is 2.36. The Morgan fingerprint density at radius 1 is 1.24 bits per heavy atom. The molecule has 3 nitrogen and oxygen atoms in total. The molecule has 17 heavy (non-hydrogen) atoms. The van der Waals surface area contributed by atoms with Crippen molar-refractivity contribution < 1.29 is 9.53 Å². The number of carbonyl (C=O) groups excluding carboxylic acids is 1. The van der Waals surface area contributed by atoms with E-state index < -0.39 is 0 Å². The van der Waals surface area contributed by atoms with Gasteiger partial charge in [-0.15, -0.1) is 0 Å². The molecule has 0 saturated carbocycles. The van der Waals surface area contributed by atoms with E-state index in [0.29, 0.717) is 13.0 Å². The third-order valence-corrected chi connectivity index (χ3v) is 3.60. The van der Waals surface area contributed by atoms with Gasteiger partial charge in [0.1, 0.15) is 0 Å². The van der Waals surface area contributed by atoms with Crippen molar-refractivity contribution in [3.05, 3.63) is 0 Å². The molecule has 100 valence electrons. The molecule has 0 atom stereocenters. The van der Waals surface area contributed by atoms with E-state index in [1.807, 2.05) is 18.7 Å². The minimum Gasteiger partial charge on any atom is -0.378 e. The van der Waals surface area contributed by atoms with Gasteiger partial charge in [0, 0.05) is 13.1 Å². The first-order valence-electron chi connectivity index (χ1n) is 6.90. The Balaban J connectivity index is 2.21. The molecule has 1 rings (SSSR count).